The number of nitro benzene ring substituents is 1. The van der Waals surface area contributed by atoms with E-state index in [-0.39, 0.29) is 41.1 Å². The quantitative estimate of drug-likeness (QED) is 0.212. The van der Waals surface area contributed by atoms with E-state index in [1.807, 2.05) is 0 Å². The molecule has 0 radical (unpaired) electrons. The Hall–Kier alpha value is -3.56. The van der Waals surface area contributed by atoms with E-state index in [1.165, 1.54) is 41.2 Å². The minimum Gasteiger partial charge on any atom is -0.465 e. The molecule has 39 heavy (non-hydrogen) atoms. The fraction of sp³-hybridized carbons (Fsp3) is 0.375. The highest BCUT2D eigenvalue weighted by Gasteiger charge is 2.28. The number of aromatic nitrogens is 1. The number of amides is 2. The van der Waals surface area contributed by atoms with E-state index in [1.54, 1.807) is 6.92 Å². The highest BCUT2D eigenvalue weighted by molar-refractivity contribution is 8.00. The van der Waals surface area contributed by atoms with E-state index in [9.17, 15) is 29.3 Å². The second kappa shape index (κ2) is 12.5. The summed E-state index contributed by atoms with van der Waals surface area (Å²) < 4.78 is 11.9. The van der Waals surface area contributed by atoms with Crippen LogP contribution in [-0.2, 0) is 43.2 Å². The molecule has 1 aliphatic carbocycles. The van der Waals surface area contributed by atoms with Gasteiger partial charge >= 0.3 is 11.9 Å². The molecule has 0 saturated carbocycles. The normalized spacial score (nSPS) is 12.8. The molecule has 0 atom stereocenters. The van der Waals surface area contributed by atoms with E-state index in [4.69, 9.17) is 9.47 Å². The van der Waals surface area contributed by atoms with Gasteiger partial charge in [-0.1, -0.05) is 11.3 Å². The molecule has 2 heterocycles. The Morgan fingerprint density at radius 1 is 1.21 bits per heavy atom. The van der Waals surface area contributed by atoms with Gasteiger partial charge in [0.15, 0.2) is 4.80 Å². The molecule has 1 aromatic carbocycles. The van der Waals surface area contributed by atoms with Gasteiger partial charge in [-0.2, -0.15) is 4.99 Å². The molecule has 12 nitrogen and oxygen atoms in total. The summed E-state index contributed by atoms with van der Waals surface area (Å²) in [7, 11) is 1.30. The number of nitro groups is 1. The fourth-order valence-electron chi connectivity index (χ4n) is 4.09. The lowest BCUT2D eigenvalue weighted by Crippen LogP contribution is -2.23. The van der Waals surface area contributed by atoms with Crippen molar-refractivity contribution < 1.29 is 33.6 Å². The summed E-state index contributed by atoms with van der Waals surface area (Å²) in [5.41, 5.74) is 1.70. The largest absolute Gasteiger partial charge is 0.465 e. The molecule has 0 unspecified atom stereocenters. The molecule has 0 saturated heterocycles. The number of nitrogens with zero attached hydrogens (tertiary/aromatic N) is 3. The van der Waals surface area contributed by atoms with Gasteiger partial charge in [-0.25, -0.2) is 4.79 Å². The topological polar surface area (TPSA) is 159 Å². The van der Waals surface area contributed by atoms with Crippen molar-refractivity contribution >= 4 is 79.1 Å². The van der Waals surface area contributed by atoms with Crippen LogP contribution in [0.15, 0.2) is 23.2 Å². The van der Waals surface area contributed by atoms with Crippen LogP contribution in [-0.4, -0.2) is 58.5 Å². The van der Waals surface area contributed by atoms with E-state index in [0.717, 1.165) is 52.8 Å². The van der Waals surface area contributed by atoms with Gasteiger partial charge in [0.05, 0.1) is 45.9 Å². The number of methoxy groups -OCH3 is 1. The number of thioether (sulfide) groups is 1. The Balaban J connectivity index is 1.45. The van der Waals surface area contributed by atoms with E-state index >= 15 is 0 Å². The Labute approximate surface area is 234 Å². The van der Waals surface area contributed by atoms with Crippen LogP contribution in [0.2, 0.25) is 0 Å². The van der Waals surface area contributed by atoms with E-state index in [0.29, 0.717) is 20.8 Å². The molecule has 0 aliphatic heterocycles. The van der Waals surface area contributed by atoms with Crippen LogP contribution in [0.25, 0.3) is 10.2 Å². The zero-order chi connectivity index (χ0) is 28.1. The van der Waals surface area contributed by atoms with Crippen LogP contribution in [0.3, 0.4) is 0 Å². The first-order chi connectivity index (χ1) is 18.7. The standard InChI is InChI=1S/C24H24N4O8S3/c1-3-36-20(31)10-27-15-8-7-13(28(33)34)9-17(15)39-24(27)26-19(30)12-37-11-18(29)25-22-21(23(32)35-2)14-5-4-6-16(14)38-22/h7-9H,3-6,10-12H2,1-2H3,(H,25,29). The molecule has 3 aromatic rings. The average Bonchev–Trinajstić information content (AvgIpc) is 3.56. The van der Waals surface area contributed by atoms with Crippen LogP contribution in [0.4, 0.5) is 10.7 Å². The molecule has 1 aliphatic rings. The molecule has 4 rings (SSSR count). The predicted molar refractivity (Wildman–Crippen MR) is 147 cm³/mol. The zero-order valence-electron chi connectivity index (χ0n) is 21.0. The minimum absolute atomic E-state index is 0.0497. The first-order valence-electron chi connectivity index (χ1n) is 11.8. The maximum absolute atomic E-state index is 12.6. The summed E-state index contributed by atoms with van der Waals surface area (Å²) in [5.74, 6) is -2.11. The number of non-ortho nitro benzene ring substituents is 1. The molecule has 1 N–H and O–H groups in total. The number of aryl methyl sites for hydroxylation is 1. The summed E-state index contributed by atoms with van der Waals surface area (Å²) in [6, 6.07) is 4.16. The number of hydrogen-bond donors (Lipinski definition) is 1. The molecule has 206 valence electrons. The van der Waals surface area contributed by atoms with Gasteiger partial charge in [0.2, 0.25) is 5.91 Å². The predicted octanol–water partition coefficient (Wildman–Crippen LogP) is 3.31. The molecular weight excluding hydrogens is 568 g/mol. The van der Waals surface area contributed by atoms with Crippen LogP contribution < -0.4 is 10.1 Å². The first-order valence-corrected chi connectivity index (χ1v) is 14.6. The smallest absolute Gasteiger partial charge is 0.341 e. The number of carbonyl (C=O) groups is 4. The van der Waals surface area contributed by atoms with Gasteiger partial charge in [0.25, 0.3) is 11.6 Å². The highest BCUT2D eigenvalue weighted by atomic mass is 32.2. The van der Waals surface area contributed by atoms with Crippen LogP contribution in [0, 0.1) is 10.1 Å². The number of nitrogens with one attached hydrogen (secondary N) is 1. The lowest BCUT2D eigenvalue weighted by molar-refractivity contribution is -0.384. The van der Waals surface area contributed by atoms with Gasteiger partial charge in [-0.15, -0.1) is 23.1 Å². The number of esters is 2. The summed E-state index contributed by atoms with van der Waals surface area (Å²) in [6.45, 7) is 1.62. The fourth-order valence-corrected chi connectivity index (χ4v) is 7.06. The van der Waals surface area contributed by atoms with Crippen molar-refractivity contribution in [3.8, 4) is 0 Å². The Morgan fingerprint density at radius 2 is 2.00 bits per heavy atom. The van der Waals surface area contributed by atoms with Gasteiger partial charge < -0.3 is 19.4 Å². The second-order valence-electron chi connectivity index (χ2n) is 8.28. The summed E-state index contributed by atoms with van der Waals surface area (Å²) in [5, 5.41) is 14.4. The van der Waals surface area contributed by atoms with Gasteiger partial charge in [-0.3, -0.25) is 24.5 Å². The number of thiophene rings is 1. The maximum atomic E-state index is 12.6. The molecule has 0 bridgehead atoms. The highest BCUT2D eigenvalue weighted by Crippen LogP contribution is 2.39. The molecular formula is C24H24N4O8S3. The minimum atomic E-state index is -0.545. The Bertz CT molecular complexity index is 1540. The van der Waals surface area contributed by atoms with Crippen molar-refractivity contribution in [2.75, 3.05) is 30.5 Å². The first kappa shape index (κ1) is 28.4. The van der Waals surface area contributed by atoms with E-state index < -0.39 is 22.8 Å². The third-order valence-corrected chi connectivity index (χ3v) is 8.88. The Kier molecular flexibility index (Phi) is 9.14. The van der Waals surface area contributed by atoms with Crippen LogP contribution in [0.1, 0.15) is 34.1 Å². The molecule has 0 fully saturated rings. The zero-order valence-corrected chi connectivity index (χ0v) is 23.5. The van der Waals surface area contributed by atoms with E-state index in [2.05, 4.69) is 10.3 Å². The number of hydrogen-bond acceptors (Lipinski definition) is 11. The van der Waals surface area contributed by atoms with Gasteiger partial charge in [0.1, 0.15) is 11.5 Å². The van der Waals surface area contributed by atoms with Crippen molar-refractivity contribution in [2.45, 2.75) is 32.7 Å². The molecule has 0 spiro atoms. The lowest BCUT2D eigenvalue weighted by Gasteiger charge is -2.06. The summed E-state index contributed by atoms with van der Waals surface area (Å²) >= 11 is 3.45. The SMILES string of the molecule is CCOC(=O)Cn1c(=NC(=O)CSCC(=O)Nc2sc3c(c2C(=O)OC)CCC3)sc2cc([N+](=O)[O-])ccc21. The lowest BCUT2D eigenvalue weighted by atomic mass is 10.1. The number of fused-ring (bicyclic) bond motifs is 2. The monoisotopic (exact) mass is 592 g/mol. The van der Waals surface area contributed by atoms with Crippen molar-refractivity contribution in [3.05, 3.63) is 49.1 Å². The van der Waals surface area contributed by atoms with Crippen molar-refractivity contribution in [2.24, 2.45) is 4.99 Å². The molecule has 2 amide bonds. The third-order valence-electron chi connectivity index (χ3n) is 5.71. The summed E-state index contributed by atoms with van der Waals surface area (Å²) in [4.78, 5) is 65.6. The van der Waals surface area contributed by atoms with Crippen molar-refractivity contribution in [3.63, 3.8) is 0 Å². The number of benzene rings is 1. The Morgan fingerprint density at radius 3 is 2.72 bits per heavy atom. The molecule has 2 aromatic heterocycles. The number of carbonyl (C=O) groups excluding carboxylic acids is 4. The summed E-state index contributed by atoms with van der Waals surface area (Å²) in [6.07, 6.45) is 2.57. The van der Waals surface area contributed by atoms with Gasteiger partial charge in [-0.05, 0) is 37.8 Å². The van der Waals surface area contributed by atoms with Crippen LogP contribution >= 0.6 is 34.4 Å². The van der Waals surface area contributed by atoms with Crippen LogP contribution in [0.5, 0.6) is 0 Å². The number of rotatable bonds is 10. The molecule has 15 heteroatoms. The number of anilines is 1. The third kappa shape index (κ3) is 6.54. The van der Waals surface area contributed by atoms with Gasteiger partial charge in [0, 0.05) is 17.0 Å². The number of ether oxygens (including phenoxy) is 2. The van der Waals surface area contributed by atoms with Crippen molar-refractivity contribution in [1.82, 2.24) is 4.57 Å². The maximum Gasteiger partial charge on any atom is 0.341 e. The second-order valence-corrected chi connectivity index (χ2v) is 11.4. The average molecular weight is 593 g/mol. The van der Waals surface area contributed by atoms with Crippen molar-refractivity contribution in [1.29, 1.82) is 0 Å². The number of thiazole rings is 1.